The average Bonchev–Trinajstić information content (AvgIpc) is 2.29. The summed E-state index contributed by atoms with van der Waals surface area (Å²) in [7, 11) is 0. The van der Waals surface area contributed by atoms with Crippen LogP contribution in [0, 0.1) is 18.3 Å². The van der Waals surface area contributed by atoms with Crippen molar-refractivity contribution in [2.45, 2.75) is 6.92 Å². The predicted octanol–water partition coefficient (Wildman–Crippen LogP) is 2.64. The van der Waals surface area contributed by atoms with Gasteiger partial charge in [0.2, 0.25) is 5.88 Å². The molecular weight excluding hydrogens is 214 g/mol. The van der Waals surface area contributed by atoms with Crippen molar-refractivity contribution in [3.8, 4) is 17.7 Å². The van der Waals surface area contributed by atoms with E-state index in [4.69, 9.17) is 15.7 Å². The van der Waals surface area contributed by atoms with Crippen LogP contribution in [0.3, 0.4) is 0 Å². The van der Waals surface area contributed by atoms with Gasteiger partial charge >= 0.3 is 0 Å². The Hall–Kier alpha value is -2.54. The van der Waals surface area contributed by atoms with Crippen LogP contribution in [0.4, 0.5) is 5.69 Å². The lowest BCUT2D eigenvalue weighted by atomic mass is 10.2. The minimum atomic E-state index is 0.304. The molecule has 0 bridgehead atoms. The largest absolute Gasteiger partial charge is 0.438 e. The fourth-order valence-electron chi connectivity index (χ4n) is 1.44. The summed E-state index contributed by atoms with van der Waals surface area (Å²) in [6, 6.07) is 10.8. The van der Waals surface area contributed by atoms with Gasteiger partial charge in [-0.1, -0.05) is 6.07 Å². The highest BCUT2D eigenvalue weighted by Crippen LogP contribution is 2.25. The zero-order valence-corrected chi connectivity index (χ0v) is 9.34. The fraction of sp³-hybridized carbons (Fsp3) is 0.0769. The highest BCUT2D eigenvalue weighted by molar-refractivity contribution is 5.48. The lowest BCUT2D eigenvalue weighted by molar-refractivity contribution is 0.461. The molecule has 2 N–H and O–H groups in total. The normalized spacial score (nSPS) is 9.65. The second-order valence-corrected chi connectivity index (χ2v) is 3.59. The number of rotatable bonds is 2. The Morgan fingerprint density at radius 1 is 1.35 bits per heavy atom. The molecule has 4 nitrogen and oxygen atoms in total. The van der Waals surface area contributed by atoms with Crippen LogP contribution in [0.15, 0.2) is 36.5 Å². The van der Waals surface area contributed by atoms with Gasteiger partial charge in [-0.25, -0.2) is 4.98 Å². The lowest BCUT2D eigenvalue weighted by Crippen LogP contribution is -1.94. The van der Waals surface area contributed by atoms with E-state index >= 15 is 0 Å². The van der Waals surface area contributed by atoms with E-state index in [1.165, 1.54) is 0 Å². The van der Waals surface area contributed by atoms with Crippen LogP contribution < -0.4 is 10.5 Å². The lowest BCUT2D eigenvalue weighted by Gasteiger charge is -2.07. The van der Waals surface area contributed by atoms with Crippen molar-refractivity contribution >= 4 is 5.69 Å². The topological polar surface area (TPSA) is 71.9 Å². The first kappa shape index (κ1) is 11.0. The number of hydrogen-bond donors (Lipinski definition) is 1. The third-order valence-electron chi connectivity index (χ3n) is 2.31. The number of nitriles is 1. The number of aryl methyl sites for hydroxylation is 1. The number of nitrogens with two attached hydrogens (primary N) is 1. The second kappa shape index (κ2) is 4.54. The summed E-state index contributed by atoms with van der Waals surface area (Å²) in [6.07, 6.45) is 1.61. The molecule has 84 valence electrons. The third kappa shape index (κ3) is 2.34. The molecule has 2 aromatic rings. The quantitative estimate of drug-likeness (QED) is 0.797. The molecule has 0 aliphatic carbocycles. The zero-order valence-electron chi connectivity index (χ0n) is 9.34. The van der Waals surface area contributed by atoms with Crippen molar-refractivity contribution in [1.29, 1.82) is 5.26 Å². The molecule has 0 amide bonds. The van der Waals surface area contributed by atoms with Crippen LogP contribution in [0.1, 0.15) is 11.1 Å². The van der Waals surface area contributed by atoms with Crippen LogP contribution in [0.2, 0.25) is 0 Å². The van der Waals surface area contributed by atoms with Crippen LogP contribution in [0.5, 0.6) is 11.6 Å². The number of nitrogens with zero attached hydrogens (tertiary/aromatic N) is 2. The average molecular weight is 225 g/mol. The van der Waals surface area contributed by atoms with Gasteiger partial charge in [0.05, 0.1) is 0 Å². The molecule has 0 saturated heterocycles. The molecule has 17 heavy (non-hydrogen) atoms. The van der Waals surface area contributed by atoms with Crippen LogP contribution in [0.25, 0.3) is 0 Å². The zero-order chi connectivity index (χ0) is 12.3. The molecule has 0 saturated carbocycles. The molecule has 0 spiro atoms. The molecule has 4 heteroatoms. The first-order valence-electron chi connectivity index (χ1n) is 5.10. The highest BCUT2D eigenvalue weighted by atomic mass is 16.5. The van der Waals surface area contributed by atoms with Gasteiger partial charge in [0, 0.05) is 18.0 Å². The first-order chi connectivity index (χ1) is 8.20. The summed E-state index contributed by atoms with van der Waals surface area (Å²) in [5.41, 5.74) is 7.53. The van der Waals surface area contributed by atoms with E-state index in [9.17, 15) is 0 Å². The molecule has 0 radical (unpaired) electrons. The maximum atomic E-state index is 9.04. The summed E-state index contributed by atoms with van der Waals surface area (Å²) >= 11 is 0. The molecule has 1 aromatic carbocycles. The van der Waals surface area contributed by atoms with Gasteiger partial charge in [-0.2, -0.15) is 5.26 Å². The van der Waals surface area contributed by atoms with E-state index in [0.29, 0.717) is 22.9 Å². The Morgan fingerprint density at radius 2 is 2.18 bits per heavy atom. The van der Waals surface area contributed by atoms with Crippen molar-refractivity contribution in [2.24, 2.45) is 0 Å². The van der Waals surface area contributed by atoms with Crippen molar-refractivity contribution in [1.82, 2.24) is 4.98 Å². The number of pyridine rings is 1. The monoisotopic (exact) mass is 225 g/mol. The standard InChI is InChI=1S/C13H11N3O/c1-9-5-6-16-13(12(9)8-14)17-11-4-2-3-10(15)7-11/h2-7H,15H2,1H3. The minimum absolute atomic E-state index is 0.304. The fourth-order valence-corrected chi connectivity index (χ4v) is 1.44. The van der Waals surface area contributed by atoms with E-state index < -0.39 is 0 Å². The van der Waals surface area contributed by atoms with Crippen molar-refractivity contribution < 1.29 is 4.74 Å². The van der Waals surface area contributed by atoms with Gasteiger partial charge in [-0.3, -0.25) is 0 Å². The van der Waals surface area contributed by atoms with E-state index in [1.54, 1.807) is 36.5 Å². The molecule has 2 rings (SSSR count). The Balaban J connectivity index is 2.37. The number of hydrogen-bond acceptors (Lipinski definition) is 4. The van der Waals surface area contributed by atoms with E-state index in [0.717, 1.165) is 5.56 Å². The number of aromatic nitrogens is 1. The van der Waals surface area contributed by atoms with E-state index in [-0.39, 0.29) is 0 Å². The first-order valence-corrected chi connectivity index (χ1v) is 5.10. The van der Waals surface area contributed by atoms with Crippen molar-refractivity contribution in [3.05, 3.63) is 47.7 Å². The van der Waals surface area contributed by atoms with Gasteiger partial charge in [0.25, 0.3) is 0 Å². The summed E-state index contributed by atoms with van der Waals surface area (Å²) in [4.78, 5) is 4.05. The molecule has 0 aliphatic rings. The maximum absolute atomic E-state index is 9.04. The second-order valence-electron chi connectivity index (χ2n) is 3.59. The summed E-state index contributed by atoms with van der Waals surface area (Å²) in [5.74, 6) is 0.873. The summed E-state index contributed by atoms with van der Waals surface area (Å²) in [5, 5.41) is 9.04. The Kier molecular flexibility index (Phi) is 2.93. The number of ether oxygens (including phenoxy) is 1. The Labute approximate surface area is 99.3 Å². The number of nitrogen functional groups attached to an aromatic ring is 1. The minimum Gasteiger partial charge on any atom is -0.438 e. The van der Waals surface area contributed by atoms with Crippen molar-refractivity contribution in [2.75, 3.05) is 5.73 Å². The van der Waals surface area contributed by atoms with E-state index in [2.05, 4.69) is 11.1 Å². The summed E-state index contributed by atoms with van der Waals surface area (Å²) < 4.78 is 5.55. The number of benzene rings is 1. The molecule has 0 atom stereocenters. The van der Waals surface area contributed by atoms with Crippen LogP contribution in [-0.2, 0) is 0 Å². The Morgan fingerprint density at radius 3 is 2.88 bits per heavy atom. The number of anilines is 1. The van der Waals surface area contributed by atoms with Gasteiger partial charge < -0.3 is 10.5 Å². The van der Waals surface area contributed by atoms with Crippen LogP contribution in [-0.4, -0.2) is 4.98 Å². The van der Waals surface area contributed by atoms with Gasteiger partial charge in [-0.15, -0.1) is 0 Å². The SMILES string of the molecule is Cc1ccnc(Oc2cccc(N)c2)c1C#N. The molecule has 1 aromatic heterocycles. The maximum Gasteiger partial charge on any atom is 0.237 e. The van der Waals surface area contributed by atoms with Gasteiger partial charge in [0.15, 0.2) is 0 Å². The van der Waals surface area contributed by atoms with Crippen LogP contribution >= 0.6 is 0 Å². The smallest absolute Gasteiger partial charge is 0.237 e. The molecule has 0 unspecified atom stereocenters. The molecule has 1 heterocycles. The predicted molar refractivity (Wildman–Crippen MR) is 64.6 cm³/mol. The molecular formula is C13H11N3O. The summed E-state index contributed by atoms with van der Waals surface area (Å²) in [6.45, 7) is 1.84. The van der Waals surface area contributed by atoms with Gasteiger partial charge in [-0.05, 0) is 30.7 Å². The molecule has 0 fully saturated rings. The third-order valence-corrected chi connectivity index (χ3v) is 2.31. The highest BCUT2D eigenvalue weighted by Gasteiger charge is 2.08. The van der Waals surface area contributed by atoms with E-state index in [1.807, 2.05) is 6.92 Å². The molecule has 0 aliphatic heterocycles. The van der Waals surface area contributed by atoms with Gasteiger partial charge in [0.1, 0.15) is 17.4 Å². The Bertz CT molecular complexity index is 587. The van der Waals surface area contributed by atoms with Crippen molar-refractivity contribution in [3.63, 3.8) is 0 Å².